The quantitative estimate of drug-likeness (QED) is 0.294. The Kier molecular flexibility index (Phi) is 8.08. The van der Waals surface area contributed by atoms with Crippen LogP contribution in [-0.4, -0.2) is 38.3 Å². The van der Waals surface area contributed by atoms with Crippen molar-refractivity contribution < 1.29 is 14.2 Å². The van der Waals surface area contributed by atoms with Crippen LogP contribution in [0.25, 0.3) is 10.8 Å². The number of likely N-dealkylation sites (tertiary alicyclic amines) is 1. The molecule has 36 heavy (non-hydrogen) atoms. The van der Waals surface area contributed by atoms with E-state index in [0.29, 0.717) is 11.2 Å². The number of allylic oxidation sites excluding steroid dienone is 2. The molecule has 3 aromatic carbocycles. The summed E-state index contributed by atoms with van der Waals surface area (Å²) in [5, 5.41) is 2.58. The molecule has 0 aromatic heterocycles. The Balaban J connectivity index is 1.34. The molecular weight excluding hydrogens is 466 g/mol. The largest absolute Gasteiger partial charge is 0.497 e. The van der Waals surface area contributed by atoms with Crippen molar-refractivity contribution in [2.45, 2.75) is 44.8 Å². The number of hydrogen-bond donors (Lipinski definition) is 0. The molecule has 5 rings (SSSR count). The SMILES string of the molecule is COc1ccc2c(Oc3ccc(OCCN4CCCCC4)cc3)c(C3CC=C(C(C)C)S3)ccc2c1. The molecule has 2 aliphatic rings. The van der Waals surface area contributed by atoms with Crippen LogP contribution in [0.4, 0.5) is 0 Å². The number of ether oxygens (including phenoxy) is 3. The third-order valence-corrected chi connectivity index (χ3v) is 8.75. The first-order valence-corrected chi connectivity index (χ1v) is 14.1. The van der Waals surface area contributed by atoms with E-state index in [1.807, 2.05) is 42.1 Å². The fourth-order valence-electron chi connectivity index (χ4n) is 5.03. The van der Waals surface area contributed by atoms with Gasteiger partial charge in [0.2, 0.25) is 0 Å². The molecule has 1 fully saturated rings. The molecule has 3 aromatic rings. The number of piperidine rings is 1. The van der Waals surface area contributed by atoms with Gasteiger partial charge >= 0.3 is 0 Å². The Morgan fingerprint density at radius 3 is 2.39 bits per heavy atom. The minimum Gasteiger partial charge on any atom is -0.497 e. The molecule has 0 bridgehead atoms. The van der Waals surface area contributed by atoms with Gasteiger partial charge in [-0.2, -0.15) is 0 Å². The summed E-state index contributed by atoms with van der Waals surface area (Å²) in [6.45, 7) is 8.64. The molecule has 4 nitrogen and oxygen atoms in total. The normalized spacial score (nSPS) is 18.4. The molecule has 1 saturated heterocycles. The fourth-order valence-corrected chi connectivity index (χ4v) is 6.33. The highest BCUT2D eigenvalue weighted by molar-refractivity contribution is 8.03. The van der Waals surface area contributed by atoms with Crippen LogP contribution in [0.15, 0.2) is 65.6 Å². The number of benzene rings is 3. The van der Waals surface area contributed by atoms with E-state index in [1.54, 1.807) is 7.11 Å². The van der Waals surface area contributed by atoms with E-state index < -0.39 is 0 Å². The van der Waals surface area contributed by atoms with Crippen molar-refractivity contribution in [2.24, 2.45) is 5.92 Å². The molecule has 5 heteroatoms. The van der Waals surface area contributed by atoms with Crippen molar-refractivity contribution in [3.05, 3.63) is 71.1 Å². The maximum Gasteiger partial charge on any atom is 0.139 e. The first-order chi connectivity index (χ1) is 17.6. The van der Waals surface area contributed by atoms with Gasteiger partial charge in [0.05, 0.1) is 7.11 Å². The summed E-state index contributed by atoms with van der Waals surface area (Å²) in [4.78, 5) is 3.96. The lowest BCUT2D eigenvalue weighted by molar-refractivity contribution is 0.183. The minimum absolute atomic E-state index is 0.362. The highest BCUT2D eigenvalue weighted by Crippen LogP contribution is 2.51. The van der Waals surface area contributed by atoms with Crippen molar-refractivity contribution >= 4 is 22.5 Å². The van der Waals surface area contributed by atoms with Crippen LogP contribution in [-0.2, 0) is 0 Å². The van der Waals surface area contributed by atoms with Crippen LogP contribution >= 0.6 is 11.8 Å². The van der Waals surface area contributed by atoms with Gasteiger partial charge in [0.25, 0.3) is 0 Å². The Labute approximate surface area is 219 Å². The third-order valence-electron chi connectivity index (χ3n) is 7.10. The van der Waals surface area contributed by atoms with E-state index in [9.17, 15) is 0 Å². The molecule has 0 amide bonds. The van der Waals surface area contributed by atoms with Gasteiger partial charge in [0.15, 0.2) is 0 Å². The lowest BCUT2D eigenvalue weighted by Crippen LogP contribution is -2.33. The molecule has 0 saturated carbocycles. The average Bonchev–Trinajstić information content (AvgIpc) is 3.41. The number of fused-ring (bicyclic) bond motifs is 1. The van der Waals surface area contributed by atoms with Gasteiger partial charge in [0.1, 0.15) is 29.6 Å². The topological polar surface area (TPSA) is 30.9 Å². The van der Waals surface area contributed by atoms with Crippen LogP contribution in [0.2, 0.25) is 0 Å². The average molecular weight is 504 g/mol. The zero-order valence-electron chi connectivity index (χ0n) is 21.7. The maximum absolute atomic E-state index is 6.62. The summed E-state index contributed by atoms with van der Waals surface area (Å²) >= 11 is 1.97. The summed E-state index contributed by atoms with van der Waals surface area (Å²) in [7, 11) is 1.71. The lowest BCUT2D eigenvalue weighted by atomic mass is 10.0. The molecule has 190 valence electrons. The van der Waals surface area contributed by atoms with Gasteiger partial charge in [-0.3, -0.25) is 4.90 Å². The monoisotopic (exact) mass is 503 g/mol. The first kappa shape index (κ1) is 25.0. The summed E-state index contributed by atoms with van der Waals surface area (Å²) in [6.07, 6.45) is 7.39. The molecule has 0 aliphatic carbocycles. The van der Waals surface area contributed by atoms with Crippen LogP contribution in [0.1, 0.15) is 50.3 Å². The summed E-state index contributed by atoms with van der Waals surface area (Å²) in [5.74, 6) is 4.05. The second-order valence-corrected chi connectivity index (χ2v) is 11.3. The van der Waals surface area contributed by atoms with E-state index in [4.69, 9.17) is 14.2 Å². The van der Waals surface area contributed by atoms with E-state index in [2.05, 4.69) is 49.1 Å². The van der Waals surface area contributed by atoms with E-state index in [-0.39, 0.29) is 0 Å². The van der Waals surface area contributed by atoms with Crippen molar-refractivity contribution in [1.29, 1.82) is 0 Å². The summed E-state index contributed by atoms with van der Waals surface area (Å²) in [6, 6.07) is 18.7. The Morgan fingerprint density at radius 1 is 0.917 bits per heavy atom. The standard InChI is InChI=1S/C31H37NO3S/c1-22(2)29-15-16-30(36-29)28-13-7-23-21-26(33-3)12-14-27(23)31(28)35-25-10-8-24(9-11-25)34-20-19-32-17-5-4-6-18-32/h7-15,21-22,30H,4-6,16-20H2,1-3H3. The second kappa shape index (κ2) is 11.6. The highest BCUT2D eigenvalue weighted by atomic mass is 32.2. The van der Waals surface area contributed by atoms with Gasteiger partial charge in [0, 0.05) is 22.7 Å². The predicted molar refractivity (Wildman–Crippen MR) is 151 cm³/mol. The molecule has 1 atom stereocenters. The first-order valence-electron chi connectivity index (χ1n) is 13.2. The van der Waals surface area contributed by atoms with Crippen molar-refractivity contribution in [1.82, 2.24) is 4.90 Å². The summed E-state index contributed by atoms with van der Waals surface area (Å²) in [5.41, 5.74) is 1.24. The number of rotatable bonds is 9. The predicted octanol–water partition coefficient (Wildman–Crippen LogP) is 8.22. The minimum atomic E-state index is 0.362. The van der Waals surface area contributed by atoms with Crippen LogP contribution in [0, 0.1) is 5.92 Å². The zero-order valence-corrected chi connectivity index (χ0v) is 22.5. The smallest absolute Gasteiger partial charge is 0.139 e. The number of thioether (sulfide) groups is 1. The molecule has 1 unspecified atom stereocenters. The fraction of sp³-hybridized carbons (Fsp3) is 0.419. The Hall–Kier alpha value is -2.63. The molecule has 0 N–H and O–H groups in total. The second-order valence-electron chi connectivity index (χ2n) is 10.00. The van der Waals surface area contributed by atoms with E-state index in [0.717, 1.165) is 53.3 Å². The summed E-state index contributed by atoms with van der Waals surface area (Å²) < 4.78 is 18.1. The molecular formula is C31H37NO3S. The van der Waals surface area contributed by atoms with Crippen LogP contribution < -0.4 is 14.2 Å². The van der Waals surface area contributed by atoms with Crippen molar-refractivity contribution in [3.63, 3.8) is 0 Å². The molecule has 2 aliphatic heterocycles. The van der Waals surface area contributed by atoms with Crippen LogP contribution in [0.5, 0.6) is 23.0 Å². The number of hydrogen-bond acceptors (Lipinski definition) is 5. The molecule has 0 spiro atoms. The van der Waals surface area contributed by atoms with E-state index in [1.165, 1.54) is 42.8 Å². The Morgan fingerprint density at radius 2 is 1.67 bits per heavy atom. The van der Waals surface area contributed by atoms with Crippen LogP contribution in [0.3, 0.4) is 0 Å². The third kappa shape index (κ3) is 5.84. The van der Waals surface area contributed by atoms with Crippen molar-refractivity contribution in [3.8, 4) is 23.0 Å². The Bertz CT molecular complexity index is 1200. The zero-order chi connectivity index (χ0) is 24.9. The molecule has 0 radical (unpaired) electrons. The van der Waals surface area contributed by atoms with Crippen molar-refractivity contribution in [2.75, 3.05) is 33.4 Å². The van der Waals surface area contributed by atoms with E-state index >= 15 is 0 Å². The number of methoxy groups -OCH3 is 1. The highest BCUT2D eigenvalue weighted by Gasteiger charge is 2.25. The number of nitrogens with zero attached hydrogens (tertiary/aromatic N) is 1. The lowest BCUT2D eigenvalue weighted by Gasteiger charge is -2.26. The van der Waals surface area contributed by atoms with Gasteiger partial charge in [-0.15, -0.1) is 11.8 Å². The van der Waals surface area contributed by atoms with Gasteiger partial charge in [-0.1, -0.05) is 38.5 Å². The van der Waals surface area contributed by atoms with Gasteiger partial charge < -0.3 is 14.2 Å². The molecule has 2 heterocycles. The van der Waals surface area contributed by atoms with Gasteiger partial charge in [-0.25, -0.2) is 0 Å². The van der Waals surface area contributed by atoms with Gasteiger partial charge in [-0.05, 0) is 91.0 Å². The maximum atomic E-state index is 6.62.